The minimum atomic E-state index is -0.0819. The fourth-order valence-electron chi connectivity index (χ4n) is 3.85. The van der Waals surface area contributed by atoms with Gasteiger partial charge in [0.05, 0.1) is 11.5 Å². The molecular formula is C19H27N3. The second-order valence-corrected chi connectivity index (χ2v) is 7.17. The molecule has 0 aromatic heterocycles. The van der Waals surface area contributed by atoms with E-state index in [0.29, 0.717) is 0 Å². The highest BCUT2D eigenvalue weighted by Gasteiger charge is 2.36. The standard InChI is InChI=1S/C19H27N3/c1-17-7-9-19(15-20,10-8-17)16-21-11-13-22(14-12-21)18-5-3-2-4-6-18/h2-6,17H,7-14,16H2,1H3. The first kappa shape index (κ1) is 15.4. The third-order valence-electron chi connectivity index (χ3n) is 5.49. The van der Waals surface area contributed by atoms with Gasteiger partial charge in [0.1, 0.15) is 0 Å². The normalized spacial score (nSPS) is 30.0. The van der Waals surface area contributed by atoms with Crippen molar-refractivity contribution in [1.29, 1.82) is 5.26 Å². The first-order valence-electron chi connectivity index (χ1n) is 8.64. The predicted octanol–water partition coefficient (Wildman–Crippen LogP) is 3.53. The van der Waals surface area contributed by atoms with Crippen molar-refractivity contribution in [2.24, 2.45) is 11.3 Å². The molecule has 1 heterocycles. The molecule has 0 bridgehead atoms. The van der Waals surface area contributed by atoms with E-state index in [4.69, 9.17) is 0 Å². The summed E-state index contributed by atoms with van der Waals surface area (Å²) in [4.78, 5) is 4.97. The van der Waals surface area contributed by atoms with Gasteiger partial charge in [-0.15, -0.1) is 0 Å². The number of anilines is 1. The molecule has 118 valence electrons. The Bertz CT molecular complexity index is 503. The van der Waals surface area contributed by atoms with Gasteiger partial charge >= 0.3 is 0 Å². The van der Waals surface area contributed by atoms with Crippen LogP contribution in [0.5, 0.6) is 0 Å². The molecule has 0 N–H and O–H groups in total. The molecule has 3 rings (SSSR count). The lowest BCUT2D eigenvalue weighted by molar-refractivity contribution is 0.130. The highest BCUT2D eigenvalue weighted by molar-refractivity contribution is 5.46. The molecular weight excluding hydrogens is 270 g/mol. The Morgan fingerprint density at radius 2 is 1.73 bits per heavy atom. The maximum atomic E-state index is 9.70. The number of piperazine rings is 1. The molecule has 1 aromatic rings. The molecule has 0 radical (unpaired) electrons. The molecule has 2 fully saturated rings. The molecule has 22 heavy (non-hydrogen) atoms. The summed E-state index contributed by atoms with van der Waals surface area (Å²) in [5, 5.41) is 9.70. The largest absolute Gasteiger partial charge is 0.369 e. The number of rotatable bonds is 3. The summed E-state index contributed by atoms with van der Waals surface area (Å²) in [6.07, 6.45) is 4.61. The van der Waals surface area contributed by atoms with Crippen LogP contribution in [0.1, 0.15) is 32.6 Å². The van der Waals surface area contributed by atoms with E-state index in [9.17, 15) is 5.26 Å². The molecule has 0 amide bonds. The van der Waals surface area contributed by atoms with Crippen molar-refractivity contribution in [1.82, 2.24) is 4.90 Å². The minimum absolute atomic E-state index is 0.0819. The summed E-state index contributed by atoms with van der Waals surface area (Å²) in [6.45, 7) is 7.59. The van der Waals surface area contributed by atoms with E-state index in [-0.39, 0.29) is 5.41 Å². The van der Waals surface area contributed by atoms with E-state index < -0.39 is 0 Å². The molecule has 3 nitrogen and oxygen atoms in total. The Balaban J connectivity index is 1.54. The third-order valence-corrected chi connectivity index (χ3v) is 5.49. The van der Waals surface area contributed by atoms with E-state index in [1.54, 1.807) is 0 Å². The van der Waals surface area contributed by atoms with Crippen molar-refractivity contribution >= 4 is 5.69 Å². The second-order valence-electron chi connectivity index (χ2n) is 7.17. The number of benzene rings is 1. The average Bonchev–Trinajstić information content (AvgIpc) is 2.59. The van der Waals surface area contributed by atoms with Crippen molar-refractivity contribution in [2.45, 2.75) is 32.6 Å². The van der Waals surface area contributed by atoms with Gasteiger partial charge in [-0.05, 0) is 43.7 Å². The maximum absolute atomic E-state index is 9.70. The van der Waals surface area contributed by atoms with Gasteiger partial charge in [-0.1, -0.05) is 25.1 Å². The van der Waals surface area contributed by atoms with Crippen LogP contribution in [0, 0.1) is 22.7 Å². The summed E-state index contributed by atoms with van der Waals surface area (Å²) >= 11 is 0. The Morgan fingerprint density at radius 3 is 2.32 bits per heavy atom. The molecule has 1 saturated heterocycles. The van der Waals surface area contributed by atoms with E-state index in [1.807, 2.05) is 0 Å². The first-order chi connectivity index (χ1) is 10.7. The highest BCUT2D eigenvalue weighted by Crippen LogP contribution is 2.39. The number of nitrogens with zero attached hydrogens (tertiary/aromatic N) is 3. The molecule has 0 spiro atoms. The van der Waals surface area contributed by atoms with Gasteiger partial charge in [-0.2, -0.15) is 5.26 Å². The van der Waals surface area contributed by atoms with Gasteiger partial charge < -0.3 is 4.90 Å². The van der Waals surface area contributed by atoms with E-state index in [0.717, 1.165) is 51.5 Å². The van der Waals surface area contributed by atoms with E-state index >= 15 is 0 Å². The summed E-state index contributed by atoms with van der Waals surface area (Å²) < 4.78 is 0. The smallest absolute Gasteiger partial charge is 0.0703 e. The summed E-state index contributed by atoms with van der Waals surface area (Å²) in [5.41, 5.74) is 1.24. The van der Waals surface area contributed by atoms with Gasteiger partial charge in [0.25, 0.3) is 0 Å². The van der Waals surface area contributed by atoms with Gasteiger partial charge in [-0.3, -0.25) is 4.90 Å². The lowest BCUT2D eigenvalue weighted by atomic mass is 9.71. The molecule has 3 heteroatoms. The SMILES string of the molecule is CC1CCC(C#N)(CN2CCN(c3ccccc3)CC2)CC1. The Morgan fingerprint density at radius 1 is 1.09 bits per heavy atom. The van der Waals surface area contributed by atoms with Crippen LogP contribution in [0.4, 0.5) is 5.69 Å². The molecule has 0 unspecified atom stereocenters. The molecule has 0 atom stereocenters. The zero-order valence-corrected chi connectivity index (χ0v) is 13.7. The van der Waals surface area contributed by atoms with Crippen molar-refractivity contribution in [3.05, 3.63) is 30.3 Å². The molecule has 2 aliphatic rings. The van der Waals surface area contributed by atoms with Crippen LogP contribution in [0.2, 0.25) is 0 Å². The van der Waals surface area contributed by atoms with Crippen LogP contribution < -0.4 is 4.90 Å². The quantitative estimate of drug-likeness (QED) is 0.855. The monoisotopic (exact) mass is 297 g/mol. The van der Waals surface area contributed by atoms with Crippen LogP contribution in [0.15, 0.2) is 30.3 Å². The van der Waals surface area contributed by atoms with Gasteiger partial charge in [0.15, 0.2) is 0 Å². The van der Waals surface area contributed by atoms with Gasteiger partial charge in [-0.25, -0.2) is 0 Å². The van der Waals surface area contributed by atoms with Crippen LogP contribution in [0.3, 0.4) is 0 Å². The lowest BCUT2D eigenvalue weighted by Crippen LogP contribution is -2.50. The lowest BCUT2D eigenvalue weighted by Gasteiger charge is -2.42. The topological polar surface area (TPSA) is 30.3 Å². The Labute approximate surface area is 134 Å². The molecule has 1 aliphatic heterocycles. The van der Waals surface area contributed by atoms with Crippen LogP contribution in [-0.4, -0.2) is 37.6 Å². The zero-order chi connectivity index (χ0) is 15.4. The van der Waals surface area contributed by atoms with Crippen LogP contribution >= 0.6 is 0 Å². The molecule has 1 aliphatic carbocycles. The Kier molecular flexibility index (Phi) is 4.69. The predicted molar refractivity (Wildman–Crippen MR) is 90.8 cm³/mol. The van der Waals surface area contributed by atoms with Gasteiger partial charge in [0.2, 0.25) is 0 Å². The zero-order valence-electron chi connectivity index (χ0n) is 13.7. The van der Waals surface area contributed by atoms with Crippen molar-refractivity contribution < 1.29 is 0 Å². The van der Waals surface area contributed by atoms with Crippen molar-refractivity contribution in [3.8, 4) is 6.07 Å². The van der Waals surface area contributed by atoms with Crippen molar-refractivity contribution in [3.63, 3.8) is 0 Å². The van der Waals surface area contributed by atoms with E-state index in [2.05, 4.69) is 53.1 Å². The summed E-state index contributed by atoms with van der Waals surface area (Å²) in [5.74, 6) is 0.802. The van der Waals surface area contributed by atoms with Gasteiger partial charge in [0, 0.05) is 38.4 Å². The third kappa shape index (κ3) is 3.44. The number of para-hydroxylation sites is 1. The second kappa shape index (κ2) is 6.71. The number of hydrogen-bond acceptors (Lipinski definition) is 3. The van der Waals surface area contributed by atoms with Crippen LogP contribution in [0.25, 0.3) is 0 Å². The van der Waals surface area contributed by atoms with E-state index in [1.165, 1.54) is 18.5 Å². The first-order valence-corrected chi connectivity index (χ1v) is 8.64. The fraction of sp³-hybridized carbons (Fsp3) is 0.632. The minimum Gasteiger partial charge on any atom is -0.369 e. The fourth-order valence-corrected chi connectivity index (χ4v) is 3.85. The molecule has 1 saturated carbocycles. The molecule has 1 aromatic carbocycles. The van der Waals surface area contributed by atoms with Crippen LogP contribution in [-0.2, 0) is 0 Å². The highest BCUT2D eigenvalue weighted by atomic mass is 15.3. The number of hydrogen-bond donors (Lipinski definition) is 0. The number of nitriles is 1. The van der Waals surface area contributed by atoms with Crippen molar-refractivity contribution in [2.75, 3.05) is 37.6 Å². The summed E-state index contributed by atoms with van der Waals surface area (Å²) in [7, 11) is 0. The summed E-state index contributed by atoms with van der Waals surface area (Å²) in [6, 6.07) is 13.3. The Hall–Kier alpha value is -1.53. The maximum Gasteiger partial charge on any atom is 0.0703 e. The average molecular weight is 297 g/mol.